The average molecular weight is 262 g/mol. The average Bonchev–Trinajstić information content (AvgIpc) is 2.92. The molecule has 2 saturated heterocycles. The van der Waals surface area contributed by atoms with Crippen molar-refractivity contribution in [2.45, 2.75) is 25.0 Å². The van der Waals surface area contributed by atoms with E-state index in [9.17, 15) is 4.79 Å². The molecule has 3 rings (SSSR count). The first-order valence-electron chi connectivity index (χ1n) is 6.65. The predicted octanol–water partition coefficient (Wildman–Crippen LogP) is 2.10. The third-order valence-corrected chi connectivity index (χ3v) is 4.27. The van der Waals surface area contributed by atoms with Crippen LogP contribution in [0.5, 0.6) is 0 Å². The van der Waals surface area contributed by atoms with Crippen LogP contribution in [-0.4, -0.2) is 32.6 Å². The van der Waals surface area contributed by atoms with Gasteiger partial charge in [-0.15, -0.1) is 0 Å². The molecule has 19 heavy (non-hydrogen) atoms. The number of methoxy groups -OCH3 is 1. The van der Waals surface area contributed by atoms with Gasteiger partial charge in [0.05, 0.1) is 20.3 Å². The van der Waals surface area contributed by atoms with Gasteiger partial charge in [-0.25, -0.2) is 0 Å². The Labute approximate surface area is 112 Å². The van der Waals surface area contributed by atoms with Crippen molar-refractivity contribution >= 4 is 5.97 Å². The maximum absolute atomic E-state index is 12.4. The Morgan fingerprint density at radius 2 is 2.00 bits per heavy atom. The van der Waals surface area contributed by atoms with Crippen molar-refractivity contribution in [3.05, 3.63) is 35.9 Å². The Bertz CT molecular complexity index is 458. The molecule has 102 valence electrons. The lowest BCUT2D eigenvalue weighted by Gasteiger charge is -2.42. The Morgan fingerprint density at radius 3 is 2.74 bits per heavy atom. The van der Waals surface area contributed by atoms with E-state index in [0.717, 1.165) is 12.0 Å². The molecule has 2 aliphatic heterocycles. The van der Waals surface area contributed by atoms with Crippen LogP contribution in [0, 0.1) is 5.41 Å². The first kappa shape index (κ1) is 12.6. The Morgan fingerprint density at radius 1 is 1.26 bits per heavy atom. The summed E-state index contributed by atoms with van der Waals surface area (Å²) >= 11 is 0. The van der Waals surface area contributed by atoms with Crippen LogP contribution in [0.25, 0.3) is 0 Å². The Hall–Kier alpha value is -1.39. The molecule has 3 atom stereocenters. The number of carbonyl (C=O) groups is 1. The molecule has 2 heterocycles. The van der Waals surface area contributed by atoms with Crippen LogP contribution in [0.3, 0.4) is 0 Å². The minimum atomic E-state index is -0.686. The number of hydrogen-bond acceptors (Lipinski definition) is 4. The molecule has 1 aromatic carbocycles. The Kier molecular flexibility index (Phi) is 3.29. The highest BCUT2D eigenvalue weighted by Crippen LogP contribution is 2.52. The molecule has 0 radical (unpaired) electrons. The van der Waals surface area contributed by atoms with E-state index in [1.165, 1.54) is 7.11 Å². The summed E-state index contributed by atoms with van der Waals surface area (Å²) in [6.45, 7) is 1.16. The minimum Gasteiger partial charge on any atom is -0.468 e. The summed E-state index contributed by atoms with van der Waals surface area (Å²) in [6.07, 6.45) is 1.00. The monoisotopic (exact) mass is 262 g/mol. The first-order chi connectivity index (χ1) is 9.29. The largest absolute Gasteiger partial charge is 0.468 e. The fraction of sp³-hybridized carbons (Fsp3) is 0.533. The second-order valence-corrected chi connectivity index (χ2v) is 5.11. The van der Waals surface area contributed by atoms with E-state index in [1.54, 1.807) is 0 Å². The second-order valence-electron chi connectivity index (χ2n) is 5.11. The molecule has 0 saturated carbocycles. The van der Waals surface area contributed by atoms with Gasteiger partial charge in [-0.05, 0) is 18.4 Å². The van der Waals surface area contributed by atoms with Gasteiger partial charge < -0.3 is 14.2 Å². The maximum Gasteiger partial charge on any atom is 0.317 e. The van der Waals surface area contributed by atoms with Crippen LogP contribution >= 0.6 is 0 Å². The Balaban J connectivity index is 2.03. The summed E-state index contributed by atoms with van der Waals surface area (Å²) in [5.74, 6) is -0.119. The lowest BCUT2D eigenvalue weighted by atomic mass is 9.67. The molecule has 4 nitrogen and oxygen atoms in total. The molecule has 2 fully saturated rings. The second kappa shape index (κ2) is 4.94. The SMILES string of the molecule is COC(=O)[C@]12CCO[C@H]1OCC[C@@H]2c1ccccc1. The standard InChI is InChI=1S/C15H18O4/c1-17-13(16)15-8-10-19-14(15)18-9-7-12(15)11-5-3-2-4-6-11/h2-6,12,14H,7-10H2,1H3/t12-,14-,15-/m1/s1. The zero-order valence-corrected chi connectivity index (χ0v) is 11.0. The van der Waals surface area contributed by atoms with E-state index in [0.29, 0.717) is 19.6 Å². The maximum atomic E-state index is 12.4. The van der Waals surface area contributed by atoms with E-state index in [1.807, 2.05) is 18.2 Å². The van der Waals surface area contributed by atoms with Crippen molar-refractivity contribution in [1.29, 1.82) is 0 Å². The van der Waals surface area contributed by atoms with Gasteiger partial charge in [-0.2, -0.15) is 0 Å². The van der Waals surface area contributed by atoms with E-state index >= 15 is 0 Å². The molecule has 0 aliphatic carbocycles. The highest BCUT2D eigenvalue weighted by Gasteiger charge is 2.59. The fourth-order valence-electron chi connectivity index (χ4n) is 3.37. The van der Waals surface area contributed by atoms with Crippen molar-refractivity contribution in [2.75, 3.05) is 20.3 Å². The van der Waals surface area contributed by atoms with E-state index in [-0.39, 0.29) is 11.9 Å². The van der Waals surface area contributed by atoms with Crippen LogP contribution in [0.4, 0.5) is 0 Å². The van der Waals surface area contributed by atoms with Crippen molar-refractivity contribution in [3.63, 3.8) is 0 Å². The zero-order chi connectivity index (χ0) is 13.3. The molecule has 0 unspecified atom stereocenters. The lowest BCUT2D eigenvalue weighted by Crippen LogP contribution is -2.49. The number of fused-ring (bicyclic) bond motifs is 1. The van der Waals surface area contributed by atoms with E-state index < -0.39 is 11.7 Å². The predicted molar refractivity (Wildman–Crippen MR) is 68.6 cm³/mol. The summed E-state index contributed by atoms with van der Waals surface area (Å²) in [5, 5.41) is 0. The van der Waals surface area contributed by atoms with Crippen LogP contribution in [0.2, 0.25) is 0 Å². The van der Waals surface area contributed by atoms with Crippen molar-refractivity contribution in [2.24, 2.45) is 5.41 Å². The molecule has 0 aromatic heterocycles. The van der Waals surface area contributed by atoms with E-state index in [2.05, 4.69) is 12.1 Å². The summed E-state index contributed by atoms with van der Waals surface area (Å²) in [7, 11) is 1.43. The number of ether oxygens (including phenoxy) is 3. The number of rotatable bonds is 2. The molecule has 1 aromatic rings. The highest BCUT2D eigenvalue weighted by molar-refractivity contribution is 5.79. The quantitative estimate of drug-likeness (QED) is 0.766. The number of esters is 1. The van der Waals surface area contributed by atoms with Gasteiger partial charge in [-0.3, -0.25) is 4.79 Å². The van der Waals surface area contributed by atoms with Gasteiger partial charge in [0.1, 0.15) is 5.41 Å². The summed E-state index contributed by atoms with van der Waals surface area (Å²) in [5.41, 5.74) is 0.473. The van der Waals surface area contributed by atoms with Crippen LogP contribution < -0.4 is 0 Å². The topological polar surface area (TPSA) is 44.8 Å². The summed E-state index contributed by atoms with van der Waals surface area (Å²) < 4.78 is 16.3. The van der Waals surface area contributed by atoms with Crippen LogP contribution in [0.1, 0.15) is 24.3 Å². The van der Waals surface area contributed by atoms with Crippen LogP contribution in [-0.2, 0) is 19.0 Å². The molecule has 0 amide bonds. The molecule has 4 heteroatoms. The van der Waals surface area contributed by atoms with Gasteiger partial charge >= 0.3 is 5.97 Å². The number of carbonyl (C=O) groups excluding carboxylic acids is 1. The molecule has 2 aliphatic rings. The number of hydrogen-bond donors (Lipinski definition) is 0. The molecule has 0 spiro atoms. The molecule has 0 N–H and O–H groups in total. The highest BCUT2D eigenvalue weighted by atomic mass is 16.7. The normalized spacial score (nSPS) is 33.7. The third kappa shape index (κ3) is 1.86. The van der Waals surface area contributed by atoms with Crippen molar-refractivity contribution in [1.82, 2.24) is 0 Å². The van der Waals surface area contributed by atoms with Crippen molar-refractivity contribution in [3.8, 4) is 0 Å². The first-order valence-corrected chi connectivity index (χ1v) is 6.65. The summed E-state index contributed by atoms with van der Waals surface area (Å²) in [6, 6.07) is 10.1. The van der Waals surface area contributed by atoms with E-state index in [4.69, 9.17) is 14.2 Å². The molecular weight excluding hydrogens is 244 g/mol. The minimum absolute atomic E-state index is 0.0994. The smallest absolute Gasteiger partial charge is 0.317 e. The fourth-order valence-corrected chi connectivity index (χ4v) is 3.37. The molecule has 0 bridgehead atoms. The van der Waals surface area contributed by atoms with Gasteiger partial charge in [0.2, 0.25) is 0 Å². The number of benzene rings is 1. The van der Waals surface area contributed by atoms with Gasteiger partial charge in [0, 0.05) is 5.92 Å². The van der Waals surface area contributed by atoms with Gasteiger partial charge in [-0.1, -0.05) is 30.3 Å². The molecular formula is C15H18O4. The zero-order valence-electron chi connectivity index (χ0n) is 11.0. The summed E-state index contributed by atoms with van der Waals surface area (Å²) in [4.78, 5) is 12.4. The lowest BCUT2D eigenvalue weighted by molar-refractivity contribution is -0.209. The van der Waals surface area contributed by atoms with Crippen LogP contribution in [0.15, 0.2) is 30.3 Å². The van der Waals surface area contributed by atoms with Gasteiger partial charge in [0.15, 0.2) is 6.29 Å². The third-order valence-electron chi connectivity index (χ3n) is 4.27. The van der Waals surface area contributed by atoms with Crippen molar-refractivity contribution < 1.29 is 19.0 Å². The van der Waals surface area contributed by atoms with Gasteiger partial charge in [0.25, 0.3) is 0 Å².